The van der Waals surface area contributed by atoms with Crippen molar-refractivity contribution in [1.82, 2.24) is 8.28 Å². The van der Waals surface area contributed by atoms with Gasteiger partial charge in [0, 0.05) is 27.3 Å². The number of imidazole rings is 1. The molecule has 1 heterocycles. The number of nitrogens with zero attached hydrogens (tertiary/aromatic N) is 3. The Labute approximate surface area is 152 Å². The van der Waals surface area contributed by atoms with Gasteiger partial charge in [0.25, 0.3) is 6.33 Å². The summed E-state index contributed by atoms with van der Waals surface area (Å²) < 4.78 is 38.9. The van der Waals surface area contributed by atoms with Crippen LogP contribution in [0.5, 0.6) is 0 Å². The summed E-state index contributed by atoms with van der Waals surface area (Å²) >= 11 is 0. The van der Waals surface area contributed by atoms with Gasteiger partial charge in [-0.25, -0.2) is 4.57 Å². The molecule has 0 aliphatic heterocycles. The van der Waals surface area contributed by atoms with Crippen molar-refractivity contribution in [2.45, 2.75) is 39.2 Å². The SMILES string of the molecule is CCOCCOCCCCCC[n+]1ccn(S(=O)(=O)N(C)C)c1.[Cl-]. The molecule has 0 aliphatic rings. The third-order valence-electron chi connectivity index (χ3n) is 3.43. The molecule has 0 amide bonds. The maximum absolute atomic E-state index is 11.9. The first-order valence-corrected chi connectivity index (χ1v) is 9.53. The van der Waals surface area contributed by atoms with Crippen LogP contribution in [0.1, 0.15) is 32.6 Å². The van der Waals surface area contributed by atoms with Crippen LogP contribution < -0.4 is 17.0 Å². The molecule has 0 N–H and O–H groups in total. The topological polar surface area (TPSA) is 64.7 Å². The molecule has 0 saturated heterocycles. The van der Waals surface area contributed by atoms with Crippen LogP contribution in [0.25, 0.3) is 0 Å². The van der Waals surface area contributed by atoms with Crippen LogP contribution in [0, 0.1) is 0 Å². The van der Waals surface area contributed by atoms with Gasteiger partial charge >= 0.3 is 10.2 Å². The van der Waals surface area contributed by atoms with Crippen molar-refractivity contribution in [1.29, 1.82) is 0 Å². The molecule has 9 heteroatoms. The fourth-order valence-corrected chi connectivity index (χ4v) is 2.87. The highest BCUT2D eigenvalue weighted by Gasteiger charge is 2.22. The van der Waals surface area contributed by atoms with E-state index in [1.807, 2.05) is 11.5 Å². The van der Waals surface area contributed by atoms with Crippen molar-refractivity contribution in [3.63, 3.8) is 0 Å². The average molecular weight is 384 g/mol. The number of aromatic nitrogens is 2. The molecule has 24 heavy (non-hydrogen) atoms. The molecule has 142 valence electrons. The number of aryl methyl sites for hydroxylation is 1. The molecule has 0 aromatic carbocycles. The second kappa shape index (κ2) is 12.7. The summed E-state index contributed by atoms with van der Waals surface area (Å²) in [4.78, 5) is 0. The highest BCUT2D eigenvalue weighted by Crippen LogP contribution is 2.02. The lowest BCUT2D eigenvalue weighted by Crippen LogP contribution is -3.00. The van der Waals surface area contributed by atoms with E-state index in [1.165, 1.54) is 22.4 Å². The van der Waals surface area contributed by atoms with Crippen LogP contribution in [-0.2, 0) is 26.2 Å². The van der Waals surface area contributed by atoms with E-state index in [4.69, 9.17) is 9.47 Å². The van der Waals surface area contributed by atoms with Gasteiger partial charge in [-0.15, -0.1) is 3.97 Å². The zero-order valence-electron chi connectivity index (χ0n) is 14.9. The summed E-state index contributed by atoms with van der Waals surface area (Å²) in [6, 6.07) is 0. The van der Waals surface area contributed by atoms with Crippen molar-refractivity contribution in [3.05, 3.63) is 18.7 Å². The molecule has 0 fully saturated rings. The number of hydrogen-bond acceptors (Lipinski definition) is 4. The Kier molecular flexibility index (Phi) is 12.3. The van der Waals surface area contributed by atoms with Crippen LogP contribution in [0.15, 0.2) is 18.7 Å². The lowest BCUT2D eigenvalue weighted by atomic mass is 10.2. The van der Waals surface area contributed by atoms with Crippen LogP contribution in [0.3, 0.4) is 0 Å². The Morgan fingerprint density at radius 3 is 2.38 bits per heavy atom. The molecule has 0 spiro atoms. The van der Waals surface area contributed by atoms with Crippen LogP contribution in [0.2, 0.25) is 0 Å². The second-order valence-electron chi connectivity index (χ2n) is 5.50. The first-order valence-electron chi connectivity index (χ1n) is 8.14. The Hall–Kier alpha value is -0.670. The summed E-state index contributed by atoms with van der Waals surface area (Å²) in [7, 11) is -0.358. The number of halogens is 1. The molecule has 0 unspecified atom stereocenters. The maximum atomic E-state index is 11.9. The molecule has 7 nitrogen and oxygen atoms in total. The number of unbranched alkanes of at least 4 members (excludes halogenated alkanes) is 3. The van der Waals surface area contributed by atoms with Crippen molar-refractivity contribution in [2.24, 2.45) is 0 Å². The summed E-state index contributed by atoms with van der Waals surface area (Å²) in [6.07, 6.45) is 9.27. The number of hydrogen-bond donors (Lipinski definition) is 0. The third-order valence-corrected chi connectivity index (χ3v) is 5.10. The van der Waals surface area contributed by atoms with E-state index < -0.39 is 10.2 Å². The van der Waals surface area contributed by atoms with E-state index in [1.54, 1.807) is 18.7 Å². The molecular weight excluding hydrogens is 354 g/mol. The zero-order chi connectivity index (χ0) is 17.1. The van der Waals surface area contributed by atoms with Crippen molar-refractivity contribution >= 4 is 10.2 Å². The third kappa shape index (κ3) is 8.43. The van der Waals surface area contributed by atoms with Gasteiger partial charge in [-0.05, 0) is 26.2 Å². The first-order chi connectivity index (χ1) is 11.0. The predicted octanol–water partition coefficient (Wildman–Crippen LogP) is -1.95. The van der Waals surface area contributed by atoms with Crippen molar-refractivity contribution < 1.29 is 34.9 Å². The van der Waals surface area contributed by atoms with E-state index >= 15 is 0 Å². The van der Waals surface area contributed by atoms with E-state index in [9.17, 15) is 8.42 Å². The molecule has 1 aromatic heterocycles. The van der Waals surface area contributed by atoms with Crippen LogP contribution in [-0.4, -0.2) is 57.2 Å². The molecular formula is C15H30ClN3O4S. The van der Waals surface area contributed by atoms with E-state index in [2.05, 4.69) is 0 Å². The van der Waals surface area contributed by atoms with Crippen molar-refractivity contribution in [3.8, 4) is 0 Å². The quantitative estimate of drug-likeness (QED) is 0.293. The van der Waals surface area contributed by atoms with E-state index in [-0.39, 0.29) is 12.4 Å². The molecule has 0 bridgehead atoms. The Morgan fingerprint density at radius 2 is 1.71 bits per heavy atom. The Bertz CT molecular complexity index is 535. The van der Waals surface area contributed by atoms with Gasteiger partial charge in [-0.1, -0.05) is 6.42 Å². The van der Waals surface area contributed by atoms with Gasteiger partial charge < -0.3 is 21.9 Å². The summed E-state index contributed by atoms with van der Waals surface area (Å²) in [5.74, 6) is 0. The molecule has 1 aromatic rings. The largest absolute Gasteiger partial charge is 1.00 e. The monoisotopic (exact) mass is 383 g/mol. The van der Waals surface area contributed by atoms with Gasteiger partial charge in [0.1, 0.15) is 12.4 Å². The number of rotatable bonds is 13. The highest BCUT2D eigenvalue weighted by molar-refractivity contribution is 7.87. The van der Waals surface area contributed by atoms with E-state index in [0.29, 0.717) is 13.2 Å². The standard InChI is InChI=1S/C15H30N3O4S.ClH/c1-4-21-13-14-22-12-8-6-5-7-9-17-10-11-18(15-17)23(19,20)16(2)3;/h10-11,15H,4-9,12-14H2,1-3H3;1H/q+1;/p-1. The Morgan fingerprint density at radius 1 is 1.04 bits per heavy atom. The molecule has 1 rings (SSSR count). The maximum Gasteiger partial charge on any atom is 0.379 e. The van der Waals surface area contributed by atoms with Gasteiger partial charge in [0.05, 0.1) is 19.8 Å². The summed E-state index contributed by atoms with van der Waals surface area (Å²) in [5, 5.41) is 0. The average Bonchev–Trinajstić information content (AvgIpc) is 2.98. The van der Waals surface area contributed by atoms with Gasteiger partial charge in [0.15, 0.2) is 0 Å². The fraction of sp³-hybridized carbons (Fsp3) is 0.800. The summed E-state index contributed by atoms with van der Waals surface area (Å²) in [5.41, 5.74) is 0. The minimum absolute atomic E-state index is 0. The minimum Gasteiger partial charge on any atom is -1.00 e. The Balaban J connectivity index is 0.00000529. The van der Waals surface area contributed by atoms with Crippen LogP contribution in [0.4, 0.5) is 0 Å². The molecule has 0 saturated carbocycles. The van der Waals surface area contributed by atoms with Crippen molar-refractivity contribution in [2.75, 3.05) is 40.5 Å². The number of ether oxygens (including phenoxy) is 2. The molecule has 0 radical (unpaired) electrons. The second-order valence-corrected chi connectivity index (χ2v) is 7.54. The first kappa shape index (κ1) is 23.3. The fourth-order valence-electron chi connectivity index (χ4n) is 2.05. The van der Waals surface area contributed by atoms with Crippen LogP contribution >= 0.6 is 0 Å². The minimum atomic E-state index is -3.41. The smallest absolute Gasteiger partial charge is 0.379 e. The summed E-state index contributed by atoms with van der Waals surface area (Å²) in [6.45, 7) is 5.64. The molecule has 0 aliphatic carbocycles. The van der Waals surface area contributed by atoms with Gasteiger partial charge in [0.2, 0.25) is 0 Å². The highest BCUT2D eigenvalue weighted by atomic mass is 35.5. The molecule has 0 atom stereocenters. The lowest BCUT2D eigenvalue weighted by molar-refractivity contribution is -0.696. The lowest BCUT2D eigenvalue weighted by Gasteiger charge is -2.05. The normalized spacial score (nSPS) is 11.7. The van der Waals surface area contributed by atoms with Gasteiger partial charge in [-0.2, -0.15) is 12.7 Å². The van der Waals surface area contributed by atoms with Gasteiger partial charge in [-0.3, -0.25) is 0 Å². The van der Waals surface area contributed by atoms with E-state index in [0.717, 1.165) is 45.4 Å². The zero-order valence-corrected chi connectivity index (χ0v) is 16.4. The predicted molar refractivity (Wildman–Crippen MR) is 88.4 cm³/mol.